The van der Waals surface area contributed by atoms with E-state index < -0.39 is 11.8 Å². The SMILES string of the molecule is CCC(C)CCOC(=O)OOC(C)(C)C. The topological polar surface area (TPSA) is 44.8 Å². The molecule has 1 unspecified atom stereocenters. The average molecular weight is 218 g/mol. The summed E-state index contributed by atoms with van der Waals surface area (Å²) in [6.45, 7) is 9.96. The van der Waals surface area contributed by atoms with Gasteiger partial charge in [-0.05, 0) is 33.1 Å². The molecule has 0 N–H and O–H groups in total. The van der Waals surface area contributed by atoms with Crippen LogP contribution in [0.15, 0.2) is 0 Å². The van der Waals surface area contributed by atoms with Crippen molar-refractivity contribution in [2.75, 3.05) is 6.61 Å². The molecule has 0 aromatic rings. The van der Waals surface area contributed by atoms with E-state index in [2.05, 4.69) is 18.7 Å². The van der Waals surface area contributed by atoms with Crippen LogP contribution in [-0.4, -0.2) is 18.4 Å². The van der Waals surface area contributed by atoms with E-state index >= 15 is 0 Å². The molecular weight excluding hydrogens is 196 g/mol. The van der Waals surface area contributed by atoms with E-state index in [0.717, 1.165) is 12.8 Å². The summed E-state index contributed by atoms with van der Waals surface area (Å²) in [5, 5.41) is 0. The minimum atomic E-state index is -0.770. The summed E-state index contributed by atoms with van der Waals surface area (Å²) in [5.41, 5.74) is -0.504. The summed E-state index contributed by atoms with van der Waals surface area (Å²) in [7, 11) is 0. The fraction of sp³-hybridized carbons (Fsp3) is 0.909. The molecule has 1 atom stereocenters. The zero-order valence-corrected chi connectivity index (χ0v) is 10.3. The molecule has 0 amide bonds. The Morgan fingerprint density at radius 1 is 1.33 bits per heavy atom. The Kier molecular flexibility index (Phi) is 6.32. The van der Waals surface area contributed by atoms with Crippen molar-refractivity contribution in [3.8, 4) is 0 Å². The van der Waals surface area contributed by atoms with Gasteiger partial charge in [0.15, 0.2) is 0 Å². The van der Waals surface area contributed by atoms with Crippen molar-refractivity contribution in [3.05, 3.63) is 0 Å². The number of hydrogen-bond donors (Lipinski definition) is 0. The lowest BCUT2D eigenvalue weighted by Gasteiger charge is -2.16. The molecule has 0 saturated carbocycles. The predicted molar refractivity (Wildman–Crippen MR) is 57.3 cm³/mol. The zero-order chi connectivity index (χ0) is 11.9. The molecule has 4 heteroatoms. The third kappa shape index (κ3) is 9.53. The third-order valence-electron chi connectivity index (χ3n) is 1.89. The fourth-order valence-electron chi connectivity index (χ4n) is 0.731. The maximum absolute atomic E-state index is 11.0. The summed E-state index contributed by atoms with van der Waals surface area (Å²) in [5.74, 6) is 0.557. The smallest absolute Gasteiger partial charge is 0.432 e. The quantitative estimate of drug-likeness (QED) is 0.403. The maximum Gasteiger partial charge on any atom is 0.540 e. The van der Waals surface area contributed by atoms with Gasteiger partial charge in [-0.2, -0.15) is 4.89 Å². The Morgan fingerprint density at radius 2 is 1.93 bits per heavy atom. The molecule has 0 fully saturated rings. The minimum absolute atomic E-state index is 0.376. The van der Waals surface area contributed by atoms with E-state index in [4.69, 9.17) is 9.62 Å². The van der Waals surface area contributed by atoms with Crippen molar-refractivity contribution >= 4 is 6.16 Å². The van der Waals surface area contributed by atoms with Gasteiger partial charge in [0, 0.05) is 0 Å². The van der Waals surface area contributed by atoms with Crippen molar-refractivity contribution in [1.82, 2.24) is 0 Å². The summed E-state index contributed by atoms with van der Waals surface area (Å²) in [6.07, 6.45) is 1.16. The van der Waals surface area contributed by atoms with Crippen molar-refractivity contribution in [2.24, 2.45) is 5.92 Å². The molecule has 0 aromatic heterocycles. The van der Waals surface area contributed by atoms with Crippen LogP contribution in [0.25, 0.3) is 0 Å². The Bertz CT molecular complexity index is 184. The van der Waals surface area contributed by atoms with Gasteiger partial charge < -0.3 is 4.74 Å². The molecule has 0 aliphatic heterocycles. The summed E-state index contributed by atoms with van der Waals surface area (Å²) < 4.78 is 4.82. The van der Waals surface area contributed by atoms with Gasteiger partial charge in [0.2, 0.25) is 0 Å². The van der Waals surface area contributed by atoms with E-state index in [-0.39, 0.29) is 0 Å². The highest BCUT2D eigenvalue weighted by Crippen LogP contribution is 2.09. The van der Waals surface area contributed by atoms with Crippen molar-refractivity contribution < 1.29 is 19.3 Å². The van der Waals surface area contributed by atoms with Crippen LogP contribution in [0.3, 0.4) is 0 Å². The first-order valence-corrected chi connectivity index (χ1v) is 5.37. The molecule has 0 spiro atoms. The molecule has 0 bridgehead atoms. The van der Waals surface area contributed by atoms with Crippen LogP contribution in [0.2, 0.25) is 0 Å². The summed E-state index contributed by atoms with van der Waals surface area (Å²) >= 11 is 0. The van der Waals surface area contributed by atoms with Gasteiger partial charge in [0.1, 0.15) is 5.60 Å². The van der Waals surface area contributed by atoms with E-state index in [9.17, 15) is 4.79 Å². The third-order valence-corrected chi connectivity index (χ3v) is 1.89. The minimum Gasteiger partial charge on any atom is -0.432 e. The number of carbonyl (C=O) groups is 1. The van der Waals surface area contributed by atoms with Crippen molar-refractivity contribution in [3.63, 3.8) is 0 Å². The van der Waals surface area contributed by atoms with Crippen LogP contribution in [0, 0.1) is 5.92 Å². The Labute approximate surface area is 91.8 Å². The van der Waals surface area contributed by atoms with Crippen LogP contribution >= 0.6 is 0 Å². The van der Waals surface area contributed by atoms with Gasteiger partial charge in [0.05, 0.1) is 6.61 Å². The number of rotatable bonds is 5. The van der Waals surface area contributed by atoms with Gasteiger partial charge >= 0.3 is 6.16 Å². The van der Waals surface area contributed by atoms with Crippen LogP contribution < -0.4 is 0 Å². The van der Waals surface area contributed by atoms with Gasteiger partial charge in [-0.15, -0.1) is 0 Å². The second kappa shape index (κ2) is 6.67. The molecule has 0 heterocycles. The first kappa shape index (κ1) is 14.2. The second-order valence-electron chi connectivity index (χ2n) is 4.68. The van der Waals surface area contributed by atoms with Crippen LogP contribution in [0.4, 0.5) is 4.79 Å². The second-order valence-corrected chi connectivity index (χ2v) is 4.68. The molecule has 0 aliphatic carbocycles. The first-order valence-electron chi connectivity index (χ1n) is 5.37. The van der Waals surface area contributed by atoms with E-state index in [1.54, 1.807) is 20.8 Å². The largest absolute Gasteiger partial charge is 0.540 e. The molecule has 15 heavy (non-hydrogen) atoms. The lowest BCUT2D eigenvalue weighted by atomic mass is 10.1. The highest BCUT2D eigenvalue weighted by molar-refractivity contribution is 5.58. The molecule has 90 valence electrons. The van der Waals surface area contributed by atoms with Gasteiger partial charge in [0.25, 0.3) is 0 Å². The molecule has 0 radical (unpaired) electrons. The highest BCUT2D eigenvalue weighted by Gasteiger charge is 2.16. The van der Waals surface area contributed by atoms with Crippen LogP contribution in [-0.2, 0) is 14.5 Å². The lowest BCUT2D eigenvalue weighted by molar-refractivity contribution is -0.312. The van der Waals surface area contributed by atoms with Crippen LogP contribution in [0.5, 0.6) is 0 Å². The first-order chi connectivity index (χ1) is 6.85. The fourth-order valence-corrected chi connectivity index (χ4v) is 0.731. The lowest BCUT2D eigenvalue weighted by Crippen LogP contribution is -2.22. The monoisotopic (exact) mass is 218 g/mol. The molecule has 4 nitrogen and oxygen atoms in total. The summed E-state index contributed by atoms with van der Waals surface area (Å²) in [6, 6.07) is 0. The van der Waals surface area contributed by atoms with E-state index in [1.165, 1.54) is 0 Å². The number of ether oxygens (including phenoxy) is 1. The van der Waals surface area contributed by atoms with E-state index in [0.29, 0.717) is 12.5 Å². The van der Waals surface area contributed by atoms with Crippen molar-refractivity contribution in [2.45, 2.75) is 53.1 Å². The average Bonchev–Trinajstić information content (AvgIpc) is 2.13. The number of hydrogen-bond acceptors (Lipinski definition) is 4. The van der Waals surface area contributed by atoms with Gasteiger partial charge in [-0.3, -0.25) is 4.89 Å². The van der Waals surface area contributed by atoms with Crippen molar-refractivity contribution in [1.29, 1.82) is 0 Å². The maximum atomic E-state index is 11.0. The summed E-state index contributed by atoms with van der Waals surface area (Å²) in [4.78, 5) is 20.3. The number of carbonyl (C=O) groups excluding carboxylic acids is 1. The van der Waals surface area contributed by atoms with Crippen LogP contribution in [0.1, 0.15) is 47.5 Å². The molecule has 0 aliphatic rings. The standard InChI is InChI=1S/C11H22O4/c1-6-9(2)7-8-13-10(12)14-15-11(3,4)5/h9H,6-8H2,1-5H3. The predicted octanol–water partition coefficient (Wildman–Crippen LogP) is 3.31. The Morgan fingerprint density at radius 3 is 2.40 bits per heavy atom. The van der Waals surface area contributed by atoms with E-state index in [1.807, 2.05) is 0 Å². The molecule has 0 saturated heterocycles. The molecular formula is C11H22O4. The normalized spacial score (nSPS) is 13.4. The zero-order valence-electron chi connectivity index (χ0n) is 10.3. The Hall–Kier alpha value is -0.770. The molecule has 0 aromatic carbocycles. The molecule has 0 rings (SSSR count). The van der Waals surface area contributed by atoms with Gasteiger partial charge in [-0.1, -0.05) is 20.3 Å². The highest BCUT2D eigenvalue weighted by atomic mass is 17.2. The Balaban J connectivity index is 3.50. The van der Waals surface area contributed by atoms with Gasteiger partial charge in [-0.25, -0.2) is 4.79 Å².